The second kappa shape index (κ2) is 8.45. The smallest absolute Gasteiger partial charge is 0.329 e. The first-order chi connectivity index (χ1) is 16.6. The molecule has 5 rings (SSSR count). The van der Waals surface area contributed by atoms with Crippen LogP contribution in [0.1, 0.15) is 18.9 Å². The molecule has 2 atom stereocenters. The van der Waals surface area contributed by atoms with Crippen LogP contribution in [0.5, 0.6) is 0 Å². The summed E-state index contributed by atoms with van der Waals surface area (Å²) in [4.78, 5) is 24.3. The van der Waals surface area contributed by atoms with E-state index >= 15 is 0 Å². The molecular weight excluding hydrogens is 478 g/mol. The number of anilines is 1. The van der Waals surface area contributed by atoms with E-state index in [9.17, 15) is 22.6 Å². The van der Waals surface area contributed by atoms with Crippen LogP contribution in [0.3, 0.4) is 0 Å². The molecule has 1 aromatic carbocycles. The van der Waals surface area contributed by atoms with Crippen LogP contribution in [0.4, 0.5) is 5.69 Å². The Morgan fingerprint density at radius 1 is 1.26 bits per heavy atom. The Balaban J connectivity index is 1.61. The number of aliphatic carboxylic acids is 1. The molecule has 0 amide bonds. The van der Waals surface area contributed by atoms with Crippen molar-refractivity contribution >= 4 is 27.6 Å². The molecule has 10 nitrogen and oxygen atoms in total. The van der Waals surface area contributed by atoms with Crippen LogP contribution in [0, 0.1) is 0 Å². The second-order valence-corrected chi connectivity index (χ2v) is 10.1. The first kappa shape index (κ1) is 23.5. The van der Waals surface area contributed by atoms with Crippen LogP contribution in [0.2, 0.25) is 0 Å². The molecule has 35 heavy (non-hydrogen) atoms. The van der Waals surface area contributed by atoms with Gasteiger partial charge in [-0.2, -0.15) is 8.42 Å². The number of benzene rings is 1. The molecule has 2 N–H and O–H groups in total. The molecule has 0 aromatic heterocycles. The van der Waals surface area contributed by atoms with Gasteiger partial charge in [-0.05, 0) is 43.4 Å². The number of ketones is 1. The zero-order chi connectivity index (χ0) is 25.0. The molecule has 0 spiro atoms. The van der Waals surface area contributed by atoms with E-state index in [0.29, 0.717) is 24.3 Å². The molecule has 0 radical (unpaired) electrons. The third-order valence-corrected chi connectivity index (χ3v) is 7.29. The minimum absolute atomic E-state index is 0.0105. The van der Waals surface area contributed by atoms with E-state index in [1.807, 2.05) is 11.0 Å². The zero-order valence-electron chi connectivity index (χ0n) is 18.8. The number of hydrogen-bond acceptors (Lipinski definition) is 8. The van der Waals surface area contributed by atoms with E-state index in [1.54, 1.807) is 19.1 Å². The van der Waals surface area contributed by atoms with Crippen molar-refractivity contribution in [3.63, 3.8) is 0 Å². The van der Waals surface area contributed by atoms with E-state index in [4.69, 9.17) is 19.3 Å². The van der Waals surface area contributed by atoms with Crippen LogP contribution >= 0.6 is 0 Å². The molecule has 11 heteroatoms. The van der Waals surface area contributed by atoms with E-state index in [1.165, 1.54) is 24.3 Å². The fourth-order valence-electron chi connectivity index (χ4n) is 4.97. The second-order valence-electron chi connectivity index (χ2n) is 8.68. The van der Waals surface area contributed by atoms with Crippen LogP contribution < -0.4 is 4.90 Å². The van der Waals surface area contributed by atoms with Crippen molar-refractivity contribution in [1.82, 2.24) is 0 Å². The van der Waals surface area contributed by atoms with Gasteiger partial charge in [0.1, 0.15) is 24.1 Å². The molecule has 2 unspecified atom stereocenters. The summed E-state index contributed by atoms with van der Waals surface area (Å²) in [5.41, 5.74) is 2.47. The number of hydrogen-bond donors (Lipinski definition) is 2. The Morgan fingerprint density at radius 2 is 2.06 bits per heavy atom. The molecule has 0 saturated heterocycles. The Labute approximate surface area is 201 Å². The first-order valence-electron chi connectivity index (χ1n) is 11.0. The number of carbonyl (C=O) groups is 2. The zero-order valence-corrected chi connectivity index (χ0v) is 19.6. The third kappa shape index (κ3) is 4.10. The van der Waals surface area contributed by atoms with Gasteiger partial charge in [0.15, 0.2) is 5.78 Å². The summed E-state index contributed by atoms with van der Waals surface area (Å²) in [7, 11) is -4.46. The molecule has 184 valence electrons. The summed E-state index contributed by atoms with van der Waals surface area (Å²) in [6, 6.07) is 4.37. The summed E-state index contributed by atoms with van der Waals surface area (Å²) in [5.74, 6) is -0.735. The highest BCUT2D eigenvalue weighted by atomic mass is 32.2. The molecule has 4 aliphatic rings. The Bertz CT molecular complexity index is 1350. The van der Waals surface area contributed by atoms with Crippen molar-refractivity contribution < 1.29 is 41.9 Å². The highest BCUT2D eigenvalue weighted by Crippen LogP contribution is 2.54. The lowest BCUT2D eigenvalue weighted by Crippen LogP contribution is -2.41. The topological polar surface area (TPSA) is 140 Å². The van der Waals surface area contributed by atoms with Crippen molar-refractivity contribution in [2.24, 2.45) is 0 Å². The van der Waals surface area contributed by atoms with Gasteiger partial charge in [0.05, 0.1) is 23.8 Å². The first-order valence-corrected chi connectivity index (χ1v) is 12.4. The molecule has 0 fully saturated rings. The maximum atomic E-state index is 11.9. The van der Waals surface area contributed by atoms with E-state index in [0.717, 1.165) is 22.5 Å². The molecule has 3 aliphatic heterocycles. The lowest BCUT2D eigenvalue weighted by molar-refractivity contribution is -0.143. The average molecular weight is 502 g/mol. The largest absolute Gasteiger partial charge is 0.485 e. The van der Waals surface area contributed by atoms with Gasteiger partial charge in [-0.15, -0.1) is 0 Å². The minimum atomic E-state index is -4.46. The van der Waals surface area contributed by atoms with Gasteiger partial charge in [0.2, 0.25) is 0 Å². The monoisotopic (exact) mass is 501 g/mol. The predicted octanol–water partition coefficient (Wildman–Crippen LogP) is 2.09. The van der Waals surface area contributed by atoms with Gasteiger partial charge in [-0.3, -0.25) is 9.35 Å². The van der Waals surface area contributed by atoms with Crippen molar-refractivity contribution in [2.75, 3.05) is 31.3 Å². The maximum Gasteiger partial charge on any atom is 0.329 e. The van der Waals surface area contributed by atoms with E-state index < -0.39 is 28.3 Å². The molecule has 0 bridgehead atoms. The fourth-order valence-corrected chi connectivity index (χ4v) is 5.47. The van der Waals surface area contributed by atoms with E-state index in [2.05, 4.69) is 0 Å². The fraction of sp³-hybridized carbons (Fsp3) is 0.333. The summed E-state index contributed by atoms with van der Waals surface area (Å²) in [6.07, 6.45) is 6.84. The SMILES string of the molecule is CC1(OCCOCC(=O)O)C2=C3C=C4C=CC(=O)C=C4OC3CCN2c2ccc(S(=O)(=O)O)cc21. The van der Waals surface area contributed by atoms with Gasteiger partial charge in [0.25, 0.3) is 10.1 Å². The van der Waals surface area contributed by atoms with Gasteiger partial charge in [0, 0.05) is 41.4 Å². The molecule has 1 aliphatic carbocycles. The van der Waals surface area contributed by atoms with Crippen molar-refractivity contribution in [2.45, 2.75) is 29.9 Å². The summed E-state index contributed by atoms with van der Waals surface area (Å²) in [6.45, 7) is 1.93. The number of nitrogens with zero attached hydrogens (tertiary/aromatic N) is 1. The van der Waals surface area contributed by atoms with Crippen LogP contribution in [0.15, 0.2) is 70.0 Å². The standard InChI is InChI=1S/C24H23NO9S/c1-24(33-9-8-32-13-22(27)28)18-12-16(35(29,30)31)4-5-19(18)25-7-6-20-17(23(24)25)10-14-2-3-15(26)11-21(14)34-20/h2-5,10-12,20H,6-9,13H2,1H3,(H,27,28)(H,29,30,31). The number of ether oxygens (including phenoxy) is 3. The number of carboxylic acid groups (broad SMARTS) is 1. The number of allylic oxidation sites excluding steroid dienone is 3. The van der Waals surface area contributed by atoms with E-state index in [-0.39, 0.29) is 30.0 Å². The molecular formula is C24H23NO9S. The molecule has 3 heterocycles. The normalized spacial score (nSPS) is 24.7. The van der Waals surface area contributed by atoms with Gasteiger partial charge < -0.3 is 24.2 Å². The van der Waals surface area contributed by atoms with Crippen LogP contribution in [0.25, 0.3) is 0 Å². The van der Waals surface area contributed by atoms with Gasteiger partial charge in [-0.25, -0.2) is 4.79 Å². The highest BCUT2D eigenvalue weighted by Gasteiger charge is 2.50. The minimum Gasteiger partial charge on any atom is -0.485 e. The predicted molar refractivity (Wildman–Crippen MR) is 122 cm³/mol. The van der Waals surface area contributed by atoms with Crippen molar-refractivity contribution in [1.29, 1.82) is 0 Å². The number of carboxylic acids is 1. The van der Waals surface area contributed by atoms with Crippen molar-refractivity contribution in [3.05, 3.63) is 70.7 Å². The number of rotatable bonds is 7. The Kier molecular flexibility index (Phi) is 5.67. The van der Waals surface area contributed by atoms with Gasteiger partial charge in [-0.1, -0.05) is 0 Å². The molecule has 0 saturated carbocycles. The van der Waals surface area contributed by atoms with Gasteiger partial charge >= 0.3 is 5.97 Å². The highest BCUT2D eigenvalue weighted by molar-refractivity contribution is 7.85. The quantitative estimate of drug-likeness (QED) is 0.422. The summed E-state index contributed by atoms with van der Waals surface area (Å²) >= 11 is 0. The van der Waals surface area contributed by atoms with Crippen molar-refractivity contribution in [3.8, 4) is 0 Å². The Hall–Kier alpha value is -3.25. The Morgan fingerprint density at radius 3 is 2.80 bits per heavy atom. The molecule has 1 aromatic rings. The average Bonchev–Trinajstić information content (AvgIpc) is 3.05. The summed E-state index contributed by atoms with van der Waals surface area (Å²) < 4.78 is 51.0. The van der Waals surface area contributed by atoms with Crippen LogP contribution in [-0.4, -0.2) is 62.3 Å². The summed E-state index contributed by atoms with van der Waals surface area (Å²) in [5, 5.41) is 8.79. The van der Waals surface area contributed by atoms with Crippen LogP contribution in [-0.2, 0) is 39.5 Å². The maximum absolute atomic E-state index is 11.9. The lowest BCUT2D eigenvalue weighted by Gasteiger charge is -2.40. The number of fused-ring (bicyclic) bond motifs is 5. The lowest BCUT2D eigenvalue weighted by atomic mass is 9.85. The third-order valence-electron chi connectivity index (χ3n) is 6.44. The number of carbonyl (C=O) groups excluding carboxylic acids is 1.